The van der Waals surface area contributed by atoms with Crippen LogP contribution in [0.15, 0.2) is 60.7 Å². The molecule has 23 heavy (non-hydrogen) atoms. The van der Waals surface area contributed by atoms with Gasteiger partial charge in [-0.2, -0.15) is 0 Å². The highest BCUT2D eigenvalue weighted by molar-refractivity contribution is 7.81. The smallest absolute Gasteiger partial charge is 0.256 e. The van der Waals surface area contributed by atoms with Crippen molar-refractivity contribution in [3.63, 3.8) is 0 Å². The standard InChI is InChI=1S/C17H14N2O3S/c20-15(21)11-14-16(22)19(13-9-5-2-6-10-13)17(23)18(14)12-7-3-1-4-8-12/h1-10,14H,11H2,(H,20,21)/p-1/t14-/m1/s1. The summed E-state index contributed by atoms with van der Waals surface area (Å²) in [5, 5.41) is 11.3. The Balaban J connectivity index is 2.04. The monoisotopic (exact) mass is 325 g/mol. The Hall–Kier alpha value is -2.73. The Bertz CT molecular complexity index is 749. The fourth-order valence-electron chi connectivity index (χ4n) is 2.62. The molecule has 1 aliphatic heterocycles. The van der Waals surface area contributed by atoms with Crippen LogP contribution in [0.25, 0.3) is 0 Å². The highest BCUT2D eigenvalue weighted by atomic mass is 32.1. The SMILES string of the molecule is O=C([O-])C[C@@H]1C(=O)N(c2ccccc2)C(=S)N1c1ccccc1. The van der Waals surface area contributed by atoms with Crippen LogP contribution in [0.4, 0.5) is 11.4 Å². The maximum atomic E-state index is 12.7. The summed E-state index contributed by atoms with van der Waals surface area (Å²) < 4.78 is 0. The van der Waals surface area contributed by atoms with Gasteiger partial charge in [0.2, 0.25) is 0 Å². The van der Waals surface area contributed by atoms with Gasteiger partial charge >= 0.3 is 0 Å². The molecule has 2 aromatic carbocycles. The van der Waals surface area contributed by atoms with Crippen LogP contribution in [0, 0.1) is 0 Å². The van der Waals surface area contributed by atoms with Gasteiger partial charge in [0, 0.05) is 18.1 Å². The highest BCUT2D eigenvalue weighted by Gasteiger charge is 2.43. The van der Waals surface area contributed by atoms with Crippen LogP contribution in [-0.2, 0) is 9.59 Å². The van der Waals surface area contributed by atoms with E-state index in [1.807, 2.05) is 24.3 Å². The molecule has 0 aliphatic carbocycles. The number of anilines is 2. The molecule has 0 N–H and O–H groups in total. The lowest BCUT2D eigenvalue weighted by atomic mass is 10.1. The van der Waals surface area contributed by atoms with Gasteiger partial charge in [0.05, 0.1) is 5.69 Å². The number of aliphatic carboxylic acids is 1. The Kier molecular flexibility index (Phi) is 4.08. The van der Waals surface area contributed by atoms with Gasteiger partial charge in [-0.15, -0.1) is 0 Å². The van der Waals surface area contributed by atoms with E-state index in [9.17, 15) is 14.7 Å². The van der Waals surface area contributed by atoms with E-state index in [4.69, 9.17) is 12.2 Å². The Labute approximate surface area is 138 Å². The lowest BCUT2D eigenvalue weighted by Crippen LogP contribution is -2.40. The van der Waals surface area contributed by atoms with Crippen molar-refractivity contribution in [2.75, 3.05) is 9.80 Å². The van der Waals surface area contributed by atoms with Crippen LogP contribution in [-0.4, -0.2) is 23.0 Å². The van der Waals surface area contributed by atoms with E-state index >= 15 is 0 Å². The van der Waals surface area contributed by atoms with Gasteiger partial charge in [0.15, 0.2) is 5.11 Å². The topological polar surface area (TPSA) is 63.7 Å². The minimum atomic E-state index is -1.29. The van der Waals surface area contributed by atoms with Gasteiger partial charge < -0.3 is 14.8 Å². The van der Waals surface area contributed by atoms with E-state index in [2.05, 4.69) is 0 Å². The lowest BCUT2D eigenvalue weighted by Gasteiger charge is -2.24. The fraction of sp³-hybridized carbons (Fsp3) is 0.118. The van der Waals surface area contributed by atoms with Crippen LogP contribution in [0.5, 0.6) is 0 Å². The number of thiocarbonyl (C=S) groups is 1. The number of carboxylic acid groups (broad SMARTS) is 1. The number of hydrogen-bond acceptors (Lipinski definition) is 4. The Morgan fingerprint density at radius 3 is 2.04 bits per heavy atom. The number of carboxylic acids is 1. The van der Waals surface area contributed by atoms with Crippen molar-refractivity contribution in [2.45, 2.75) is 12.5 Å². The predicted octanol–water partition coefficient (Wildman–Crippen LogP) is 1.33. The van der Waals surface area contributed by atoms with E-state index in [1.54, 1.807) is 41.3 Å². The molecule has 1 amide bonds. The molecule has 116 valence electrons. The molecule has 1 atom stereocenters. The quantitative estimate of drug-likeness (QED) is 0.794. The molecule has 0 bridgehead atoms. The Morgan fingerprint density at radius 2 is 1.52 bits per heavy atom. The van der Waals surface area contributed by atoms with E-state index < -0.39 is 18.4 Å². The lowest BCUT2D eigenvalue weighted by molar-refractivity contribution is -0.305. The number of carbonyl (C=O) groups is 2. The molecule has 6 heteroatoms. The molecule has 1 aliphatic rings. The number of para-hydroxylation sites is 2. The summed E-state index contributed by atoms with van der Waals surface area (Å²) in [7, 11) is 0. The van der Waals surface area contributed by atoms with Crippen LogP contribution in [0.3, 0.4) is 0 Å². The zero-order valence-electron chi connectivity index (χ0n) is 12.1. The largest absolute Gasteiger partial charge is 0.550 e. The van der Waals surface area contributed by atoms with Crippen molar-refractivity contribution in [1.29, 1.82) is 0 Å². The number of hydrogen-bond donors (Lipinski definition) is 0. The van der Waals surface area contributed by atoms with Crippen molar-refractivity contribution < 1.29 is 14.7 Å². The van der Waals surface area contributed by atoms with Gasteiger partial charge in [-0.25, -0.2) is 0 Å². The molecule has 1 heterocycles. The van der Waals surface area contributed by atoms with E-state index in [0.717, 1.165) is 0 Å². The first-order chi connectivity index (χ1) is 11.1. The summed E-state index contributed by atoms with van der Waals surface area (Å²) in [5.74, 6) is -1.66. The summed E-state index contributed by atoms with van der Waals surface area (Å²) >= 11 is 5.45. The van der Waals surface area contributed by atoms with Crippen LogP contribution >= 0.6 is 12.2 Å². The van der Waals surface area contributed by atoms with Crippen molar-refractivity contribution in [1.82, 2.24) is 0 Å². The number of benzene rings is 2. The first-order valence-corrected chi connectivity index (χ1v) is 7.47. The average Bonchev–Trinajstić information content (AvgIpc) is 2.79. The second-order valence-corrected chi connectivity index (χ2v) is 5.45. The third-order valence-electron chi connectivity index (χ3n) is 3.62. The summed E-state index contributed by atoms with van der Waals surface area (Å²) in [5.41, 5.74) is 1.29. The summed E-state index contributed by atoms with van der Waals surface area (Å²) in [6.07, 6.45) is -0.419. The molecule has 5 nitrogen and oxygen atoms in total. The molecule has 0 saturated carbocycles. The first kappa shape index (κ1) is 15.2. The van der Waals surface area contributed by atoms with Gasteiger partial charge in [-0.05, 0) is 36.5 Å². The van der Waals surface area contributed by atoms with Crippen molar-refractivity contribution in [3.05, 3.63) is 60.7 Å². The van der Waals surface area contributed by atoms with Gasteiger partial charge in [0.25, 0.3) is 5.91 Å². The minimum absolute atomic E-state index is 0.263. The van der Waals surface area contributed by atoms with Crippen molar-refractivity contribution in [2.24, 2.45) is 0 Å². The van der Waals surface area contributed by atoms with Gasteiger partial charge in [-0.3, -0.25) is 9.69 Å². The summed E-state index contributed by atoms with van der Waals surface area (Å²) in [4.78, 5) is 26.8. The molecule has 0 spiro atoms. The van der Waals surface area contributed by atoms with Crippen LogP contribution < -0.4 is 14.9 Å². The average molecular weight is 325 g/mol. The molecule has 3 rings (SSSR count). The molecular formula is C17H13N2O3S-. The number of rotatable bonds is 4. The second-order valence-electron chi connectivity index (χ2n) is 5.09. The van der Waals surface area contributed by atoms with Crippen molar-refractivity contribution >= 4 is 40.6 Å². The van der Waals surface area contributed by atoms with E-state index in [1.165, 1.54) is 4.90 Å². The maximum Gasteiger partial charge on any atom is 0.256 e. The molecule has 1 fully saturated rings. The highest BCUT2D eigenvalue weighted by Crippen LogP contribution is 2.31. The zero-order valence-corrected chi connectivity index (χ0v) is 12.9. The van der Waals surface area contributed by atoms with Gasteiger partial charge in [0.1, 0.15) is 6.04 Å². The molecule has 2 aromatic rings. The van der Waals surface area contributed by atoms with Gasteiger partial charge in [-0.1, -0.05) is 36.4 Å². The first-order valence-electron chi connectivity index (χ1n) is 7.06. The second kappa shape index (κ2) is 6.18. The zero-order chi connectivity index (χ0) is 16.4. The number of carbonyl (C=O) groups excluding carboxylic acids is 2. The van der Waals surface area contributed by atoms with Crippen LogP contribution in [0.2, 0.25) is 0 Å². The summed E-state index contributed by atoms with van der Waals surface area (Å²) in [6.45, 7) is 0. The molecule has 0 unspecified atom stereocenters. The predicted molar refractivity (Wildman–Crippen MR) is 88.9 cm³/mol. The van der Waals surface area contributed by atoms with Crippen LogP contribution in [0.1, 0.15) is 6.42 Å². The summed E-state index contributed by atoms with van der Waals surface area (Å²) in [6, 6.07) is 17.1. The molecule has 0 radical (unpaired) electrons. The molecular weight excluding hydrogens is 312 g/mol. The van der Waals surface area contributed by atoms with Crippen molar-refractivity contribution in [3.8, 4) is 0 Å². The van der Waals surface area contributed by atoms with E-state index in [-0.39, 0.29) is 11.0 Å². The Morgan fingerprint density at radius 1 is 1.00 bits per heavy atom. The third kappa shape index (κ3) is 2.80. The third-order valence-corrected chi connectivity index (χ3v) is 4.00. The maximum absolute atomic E-state index is 12.7. The molecule has 0 aromatic heterocycles. The van der Waals surface area contributed by atoms with E-state index in [0.29, 0.717) is 11.4 Å². The number of nitrogens with zero attached hydrogens (tertiary/aromatic N) is 2. The minimum Gasteiger partial charge on any atom is -0.550 e. The molecule has 1 saturated heterocycles. The number of amides is 1. The normalized spacial score (nSPS) is 17.7. The fourth-order valence-corrected chi connectivity index (χ4v) is 3.05.